The first-order chi connectivity index (χ1) is 20.2. The van der Waals surface area contributed by atoms with Gasteiger partial charge in [-0.05, 0) is 53.3 Å². The summed E-state index contributed by atoms with van der Waals surface area (Å²) in [4.78, 5) is 47.5. The van der Waals surface area contributed by atoms with Crippen molar-refractivity contribution in [2.75, 3.05) is 18.9 Å². The van der Waals surface area contributed by atoms with Crippen molar-refractivity contribution >= 4 is 34.3 Å². The number of nitrogens with zero attached hydrogens (tertiary/aromatic N) is 3. The van der Waals surface area contributed by atoms with Crippen LogP contribution in [0.4, 0.5) is 5.69 Å². The lowest BCUT2D eigenvalue weighted by molar-refractivity contribution is -0.136. The Morgan fingerprint density at radius 2 is 1.79 bits per heavy atom. The lowest BCUT2D eigenvalue weighted by Crippen LogP contribution is -2.52. The number of aromatic amines is 1. The number of hydrogen-bond acceptors (Lipinski definition) is 4. The molecule has 42 heavy (non-hydrogen) atoms. The molecule has 1 spiro atoms. The lowest BCUT2D eigenvalue weighted by atomic mass is 9.80. The van der Waals surface area contributed by atoms with Gasteiger partial charge in [0.1, 0.15) is 17.8 Å². The van der Waals surface area contributed by atoms with Gasteiger partial charge in [0.05, 0.1) is 11.5 Å². The molecule has 3 atom stereocenters. The third kappa shape index (κ3) is 4.51. The van der Waals surface area contributed by atoms with Crippen LogP contribution in [-0.2, 0) is 15.0 Å². The highest BCUT2D eigenvalue weighted by Gasteiger charge is 2.56. The van der Waals surface area contributed by atoms with Gasteiger partial charge in [-0.15, -0.1) is 0 Å². The second-order valence-corrected chi connectivity index (χ2v) is 11.8. The van der Waals surface area contributed by atoms with Crippen molar-refractivity contribution in [3.63, 3.8) is 0 Å². The van der Waals surface area contributed by atoms with E-state index in [9.17, 15) is 19.6 Å². The molecule has 3 aromatic carbocycles. The molecule has 0 radical (unpaired) electrons. The molecule has 1 aromatic heterocycles. The molecule has 1 unspecified atom stereocenters. The van der Waals surface area contributed by atoms with Crippen molar-refractivity contribution in [2.24, 2.45) is 5.92 Å². The Kier molecular flexibility index (Phi) is 6.82. The molecule has 0 aliphatic carbocycles. The van der Waals surface area contributed by atoms with Crippen molar-refractivity contribution < 1.29 is 14.4 Å². The third-order valence-corrected chi connectivity index (χ3v) is 8.64. The van der Waals surface area contributed by atoms with E-state index in [2.05, 4.69) is 16.4 Å². The molecule has 8 heteroatoms. The Morgan fingerprint density at radius 1 is 1.05 bits per heavy atom. The molecule has 212 valence electrons. The molecule has 3 heterocycles. The van der Waals surface area contributed by atoms with E-state index >= 15 is 0 Å². The topological polar surface area (TPSA) is 109 Å². The number of amides is 3. The largest absolute Gasteiger partial charge is 0.351 e. The summed E-state index contributed by atoms with van der Waals surface area (Å²) in [5.41, 5.74) is 3.89. The highest BCUT2D eigenvalue weighted by atomic mass is 16.2. The number of H-pyrrole nitrogens is 1. The van der Waals surface area contributed by atoms with E-state index in [-0.39, 0.29) is 36.6 Å². The lowest BCUT2D eigenvalue weighted by Gasteiger charge is -2.33. The number of hydrogen-bond donors (Lipinski definition) is 2. The number of anilines is 1. The molecule has 1 fully saturated rings. The number of carbonyl (C=O) groups excluding carboxylic acids is 3. The minimum Gasteiger partial charge on any atom is -0.351 e. The van der Waals surface area contributed by atoms with Gasteiger partial charge < -0.3 is 20.1 Å². The summed E-state index contributed by atoms with van der Waals surface area (Å²) in [5, 5.41) is 13.9. The number of para-hydroxylation sites is 1. The van der Waals surface area contributed by atoms with Crippen molar-refractivity contribution in [2.45, 2.75) is 44.2 Å². The number of fused-ring (bicyclic) bond motifs is 3. The molecule has 2 aliphatic heterocycles. The van der Waals surface area contributed by atoms with Crippen molar-refractivity contribution in [3.8, 4) is 17.2 Å². The number of nitrogens with one attached hydrogen (secondary N) is 2. The second-order valence-electron chi connectivity index (χ2n) is 11.8. The second kappa shape index (κ2) is 10.5. The molecule has 0 bridgehead atoms. The summed E-state index contributed by atoms with van der Waals surface area (Å²) in [7, 11) is 1.64. The Labute approximate surface area is 244 Å². The van der Waals surface area contributed by atoms with Crippen LogP contribution in [-0.4, -0.2) is 58.2 Å². The third-order valence-electron chi connectivity index (χ3n) is 8.64. The number of benzene rings is 3. The van der Waals surface area contributed by atoms with Gasteiger partial charge in [0.2, 0.25) is 11.8 Å². The zero-order chi connectivity index (χ0) is 29.6. The number of nitriles is 1. The molecular formula is C34H33N5O3. The van der Waals surface area contributed by atoms with E-state index in [1.54, 1.807) is 7.05 Å². The average Bonchev–Trinajstić information content (AvgIpc) is 3.69. The van der Waals surface area contributed by atoms with E-state index in [1.807, 2.05) is 92.7 Å². The Bertz CT molecular complexity index is 1740. The van der Waals surface area contributed by atoms with Crippen molar-refractivity contribution in [3.05, 3.63) is 90.1 Å². The predicted octanol–water partition coefficient (Wildman–Crippen LogP) is 5.34. The van der Waals surface area contributed by atoms with Crippen LogP contribution in [0.1, 0.15) is 42.7 Å². The SMILES string of the molecule is CC(C)C[C@@H](C(=O)N1C[C@]2(CC1C#N)C(=O)Nc1ccccc12)N(C)C(=O)c1cc2cc(-c3ccccc3)ccc2[nH]1. The molecule has 3 amide bonds. The molecule has 6 rings (SSSR count). The monoisotopic (exact) mass is 559 g/mol. The summed E-state index contributed by atoms with van der Waals surface area (Å²) in [6, 6.07) is 26.0. The summed E-state index contributed by atoms with van der Waals surface area (Å²) in [6.07, 6.45) is 0.639. The Morgan fingerprint density at radius 3 is 2.52 bits per heavy atom. The van der Waals surface area contributed by atoms with E-state index in [1.165, 1.54) is 9.80 Å². The Balaban J connectivity index is 1.29. The first-order valence-electron chi connectivity index (χ1n) is 14.3. The van der Waals surface area contributed by atoms with Gasteiger partial charge in [-0.3, -0.25) is 14.4 Å². The van der Waals surface area contributed by atoms with Crippen LogP contribution in [0.25, 0.3) is 22.0 Å². The maximum atomic E-state index is 14.2. The van der Waals surface area contributed by atoms with Gasteiger partial charge in [0, 0.05) is 36.6 Å². The molecular weight excluding hydrogens is 526 g/mol. The summed E-state index contributed by atoms with van der Waals surface area (Å²) < 4.78 is 0. The zero-order valence-electron chi connectivity index (χ0n) is 23.9. The van der Waals surface area contributed by atoms with Crippen LogP contribution in [0.5, 0.6) is 0 Å². The first-order valence-corrected chi connectivity index (χ1v) is 14.3. The van der Waals surface area contributed by atoms with Gasteiger partial charge in [0.25, 0.3) is 5.91 Å². The molecule has 1 saturated heterocycles. The number of likely N-dealkylation sites (N-methyl/N-ethyl adjacent to an activating group) is 1. The fourth-order valence-electron chi connectivity index (χ4n) is 6.44. The van der Waals surface area contributed by atoms with Gasteiger partial charge in [-0.1, -0.05) is 68.4 Å². The maximum absolute atomic E-state index is 14.2. The molecule has 0 saturated carbocycles. The highest BCUT2D eigenvalue weighted by molar-refractivity contribution is 6.07. The smallest absolute Gasteiger partial charge is 0.270 e. The number of likely N-dealkylation sites (tertiary alicyclic amines) is 1. The predicted molar refractivity (Wildman–Crippen MR) is 162 cm³/mol. The number of aromatic nitrogens is 1. The van der Waals surface area contributed by atoms with Crippen LogP contribution >= 0.6 is 0 Å². The van der Waals surface area contributed by atoms with Crippen LogP contribution in [0.3, 0.4) is 0 Å². The minimum atomic E-state index is -0.981. The standard InChI is InChI=1S/C34H33N5O3/c1-21(2)15-30(32(41)39-20-34(18-25(39)19-35)26-11-7-8-12-28(26)37-33(34)42)38(3)31(40)29-17-24-16-23(13-14-27(24)36-29)22-9-5-4-6-10-22/h4-14,16-17,21,25,30,36H,15,18,20H2,1-3H3,(H,37,42)/t25?,30-,34-/m0/s1. The van der Waals surface area contributed by atoms with E-state index in [0.29, 0.717) is 17.8 Å². The summed E-state index contributed by atoms with van der Waals surface area (Å²) >= 11 is 0. The fourth-order valence-corrected chi connectivity index (χ4v) is 6.44. The van der Waals surface area contributed by atoms with Crippen LogP contribution in [0.2, 0.25) is 0 Å². The van der Waals surface area contributed by atoms with Gasteiger partial charge in [-0.25, -0.2) is 0 Å². The van der Waals surface area contributed by atoms with Gasteiger partial charge in [0.15, 0.2) is 0 Å². The van der Waals surface area contributed by atoms with Gasteiger partial charge >= 0.3 is 0 Å². The highest BCUT2D eigenvalue weighted by Crippen LogP contribution is 2.46. The van der Waals surface area contributed by atoms with Crippen molar-refractivity contribution in [1.29, 1.82) is 5.26 Å². The maximum Gasteiger partial charge on any atom is 0.270 e. The quantitative estimate of drug-likeness (QED) is 0.333. The van der Waals surface area contributed by atoms with E-state index in [4.69, 9.17) is 0 Å². The molecule has 8 nitrogen and oxygen atoms in total. The number of carbonyl (C=O) groups is 3. The molecule has 2 N–H and O–H groups in total. The molecule has 2 aliphatic rings. The summed E-state index contributed by atoms with van der Waals surface area (Å²) in [6.45, 7) is 4.10. The minimum absolute atomic E-state index is 0.0954. The number of rotatable bonds is 6. The normalized spacial score (nSPS) is 20.0. The zero-order valence-corrected chi connectivity index (χ0v) is 23.9. The van der Waals surface area contributed by atoms with E-state index < -0.39 is 17.5 Å². The van der Waals surface area contributed by atoms with E-state index in [0.717, 1.165) is 27.6 Å². The van der Waals surface area contributed by atoms with Gasteiger partial charge in [-0.2, -0.15) is 5.26 Å². The Hall–Kier alpha value is -4.90. The van der Waals surface area contributed by atoms with Crippen LogP contribution in [0.15, 0.2) is 78.9 Å². The van der Waals surface area contributed by atoms with Crippen molar-refractivity contribution in [1.82, 2.24) is 14.8 Å². The van der Waals surface area contributed by atoms with Crippen LogP contribution in [0, 0.1) is 17.2 Å². The fraction of sp³-hybridized carbons (Fsp3) is 0.294. The molecule has 4 aromatic rings. The average molecular weight is 560 g/mol. The summed E-state index contributed by atoms with van der Waals surface area (Å²) in [5.74, 6) is -0.713. The first kappa shape index (κ1) is 27.3. The van der Waals surface area contributed by atoms with Crippen LogP contribution < -0.4 is 5.32 Å².